The number of aliphatic hydroxyl groups is 1. The van der Waals surface area contributed by atoms with E-state index < -0.39 is 0 Å². The van der Waals surface area contributed by atoms with Crippen LogP contribution in [-0.4, -0.2) is 59.8 Å². The number of likely N-dealkylation sites (N-methyl/N-ethyl adjacent to an activating group) is 1. The van der Waals surface area contributed by atoms with Crippen molar-refractivity contribution in [2.45, 2.75) is 31.9 Å². The summed E-state index contributed by atoms with van der Waals surface area (Å²) in [5.41, 5.74) is 0. The lowest BCUT2D eigenvalue weighted by Gasteiger charge is -2.47. The van der Waals surface area contributed by atoms with Crippen LogP contribution < -0.4 is 0 Å². The number of likely N-dealkylation sites (tertiary alicyclic amines) is 2. The SMILES string of the molecule is CCN1CC(N2CCC(O)CC2)C1. The number of nitrogens with zero attached hydrogens (tertiary/aromatic N) is 2. The molecule has 2 rings (SSSR count). The first-order chi connectivity index (χ1) is 6.29. The Morgan fingerprint density at radius 3 is 2.38 bits per heavy atom. The number of aliphatic hydroxyl groups excluding tert-OH is 1. The summed E-state index contributed by atoms with van der Waals surface area (Å²) < 4.78 is 0. The Morgan fingerprint density at radius 1 is 1.23 bits per heavy atom. The topological polar surface area (TPSA) is 26.7 Å². The second-order valence-corrected chi connectivity index (χ2v) is 4.27. The molecule has 0 spiro atoms. The first-order valence-corrected chi connectivity index (χ1v) is 5.44. The third-order valence-electron chi connectivity index (χ3n) is 3.40. The molecule has 0 radical (unpaired) electrons. The van der Waals surface area contributed by atoms with Crippen LogP contribution >= 0.6 is 0 Å². The molecule has 0 aromatic heterocycles. The summed E-state index contributed by atoms with van der Waals surface area (Å²) in [5, 5.41) is 9.36. The van der Waals surface area contributed by atoms with Gasteiger partial charge in [0.15, 0.2) is 0 Å². The van der Waals surface area contributed by atoms with Gasteiger partial charge in [0.2, 0.25) is 0 Å². The van der Waals surface area contributed by atoms with Gasteiger partial charge in [-0.3, -0.25) is 4.90 Å². The zero-order valence-electron chi connectivity index (χ0n) is 8.45. The van der Waals surface area contributed by atoms with Crippen LogP contribution in [0.4, 0.5) is 0 Å². The molecule has 3 heteroatoms. The Labute approximate surface area is 80.3 Å². The van der Waals surface area contributed by atoms with Gasteiger partial charge in [-0.15, -0.1) is 0 Å². The molecule has 0 saturated carbocycles. The van der Waals surface area contributed by atoms with Gasteiger partial charge in [-0.05, 0) is 19.4 Å². The minimum absolute atomic E-state index is 0.0291. The van der Waals surface area contributed by atoms with Crippen molar-refractivity contribution in [1.82, 2.24) is 9.80 Å². The highest BCUT2D eigenvalue weighted by molar-refractivity contribution is 4.89. The smallest absolute Gasteiger partial charge is 0.0564 e. The molecule has 0 aliphatic carbocycles. The molecule has 0 amide bonds. The second-order valence-electron chi connectivity index (χ2n) is 4.27. The predicted molar refractivity (Wildman–Crippen MR) is 52.7 cm³/mol. The first-order valence-electron chi connectivity index (χ1n) is 5.44. The van der Waals surface area contributed by atoms with Crippen molar-refractivity contribution >= 4 is 0 Å². The van der Waals surface area contributed by atoms with Gasteiger partial charge in [-0.25, -0.2) is 0 Å². The fraction of sp³-hybridized carbons (Fsp3) is 1.00. The number of hydrogen-bond donors (Lipinski definition) is 1. The van der Waals surface area contributed by atoms with E-state index in [-0.39, 0.29) is 6.10 Å². The molecule has 2 aliphatic rings. The highest BCUT2D eigenvalue weighted by atomic mass is 16.3. The van der Waals surface area contributed by atoms with E-state index in [0.717, 1.165) is 32.0 Å². The van der Waals surface area contributed by atoms with Crippen molar-refractivity contribution in [3.05, 3.63) is 0 Å². The standard InChI is InChI=1S/C10H20N2O/c1-2-11-7-9(8-11)12-5-3-10(13)4-6-12/h9-10,13H,2-8H2,1H3. The predicted octanol–water partition coefficient (Wildman–Crippen LogP) is 0.147. The van der Waals surface area contributed by atoms with Gasteiger partial charge in [-0.2, -0.15) is 0 Å². The minimum atomic E-state index is -0.0291. The summed E-state index contributed by atoms with van der Waals surface area (Å²) >= 11 is 0. The van der Waals surface area contributed by atoms with E-state index in [0.29, 0.717) is 0 Å². The van der Waals surface area contributed by atoms with E-state index in [1.54, 1.807) is 0 Å². The van der Waals surface area contributed by atoms with E-state index in [9.17, 15) is 5.11 Å². The third-order valence-corrected chi connectivity index (χ3v) is 3.40. The quantitative estimate of drug-likeness (QED) is 0.661. The number of hydrogen-bond acceptors (Lipinski definition) is 3. The average molecular weight is 184 g/mol. The van der Waals surface area contributed by atoms with Crippen LogP contribution in [0.25, 0.3) is 0 Å². The molecule has 76 valence electrons. The maximum atomic E-state index is 9.36. The molecule has 0 atom stereocenters. The lowest BCUT2D eigenvalue weighted by atomic mass is 10.0. The lowest BCUT2D eigenvalue weighted by molar-refractivity contribution is -0.00211. The fourth-order valence-electron chi connectivity index (χ4n) is 2.28. The van der Waals surface area contributed by atoms with Crippen LogP contribution in [0.1, 0.15) is 19.8 Å². The maximum Gasteiger partial charge on any atom is 0.0564 e. The molecular weight excluding hydrogens is 164 g/mol. The third kappa shape index (κ3) is 2.03. The largest absolute Gasteiger partial charge is 0.393 e. The molecule has 0 bridgehead atoms. The van der Waals surface area contributed by atoms with Gasteiger partial charge >= 0.3 is 0 Å². The summed E-state index contributed by atoms with van der Waals surface area (Å²) in [6.07, 6.45) is 1.92. The number of piperidine rings is 1. The molecule has 1 N–H and O–H groups in total. The van der Waals surface area contributed by atoms with Gasteiger partial charge in [-0.1, -0.05) is 6.92 Å². The van der Waals surface area contributed by atoms with Gasteiger partial charge in [0.25, 0.3) is 0 Å². The zero-order valence-corrected chi connectivity index (χ0v) is 8.45. The van der Waals surface area contributed by atoms with Crippen molar-refractivity contribution in [1.29, 1.82) is 0 Å². The molecule has 2 heterocycles. The summed E-state index contributed by atoms with van der Waals surface area (Å²) in [5.74, 6) is 0. The summed E-state index contributed by atoms with van der Waals surface area (Å²) in [4.78, 5) is 5.01. The van der Waals surface area contributed by atoms with Crippen LogP contribution in [0.15, 0.2) is 0 Å². The van der Waals surface area contributed by atoms with E-state index in [4.69, 9.17) is 0 Å². The van der Waals surface area contributed by atoms with Gasteiger partial charge in [0.05, 0.1) is 6.10 Å². The molecule has 2 fully saturated rings. The van der Waals surface area contributed by atoms with Crippen molar-refractivity contribution in [2.75, 3.05) is 32.7 Å². The summed E-state index contributed by atoms with van der Waals surface area (Å²) in [6.45, 7) is 8.09. The van der Waals surface area contributed by atoms with Crippen molar-refractivity contribution in [2.24, 2.45) is 0 Å². The van der Waals surface area contributed by atoms with E-state index in [1.807, 2.05) is 0 Å². The Hall–Kier alpha value is -0.120. The van der Waals surface area contributed by atoms with Crippen LogP contribution in [-0.2, 0) is 0 Å². The monoisotopic (exact) mass is 184 g/mol. The fourth-order valence-corrected chi connectivity index (χ4v) is 2.28. The maximum absolute atomic E-state index is 9.36. The Kier molecular flexibility index (Phi) is 2.86. The normalized spacial score (nSPS) is 29.1. The molecule has 3 nitrogen and oxygen atoms in total. The van der Waals surface area contributed by atoms with Crippen molar-refractivity contribution in [3.8, 4) is 0 Å². The van der Waals surface area contributed by atoms with Crippen LogP contribution in [0.3, 0.4) is 0 Å². The van der Waals surface area contributed by atoms with Crippen molar-refractivity contribution < 1.29 is 5.11 Å². The van der Waals surface area contributed by atoms with Crippen LogP contribution in [0.5, 0.6) is 0 Å². The second kappa shape index (κ2) is 3.95. The van der Waals surface area contributed by atoms with Crippen LogP contribution in [0, 0.1) is 0 Å². The summed E-state index contributed by atoms with van der Waals surface area (Å²) in [7, 11) is 0. The van der Waals surface area contributed by atoms with Gasteiger partial charge in [0, 0.05) is 32.2 Å². The van der Waals surface area contributed by atoms with E-state index in [2.05, 4.69) is 16.7 Å². The molecule has 2 aliphatic heterocycles. The van der Waals surface area contributed by atoms with E-state index >= 15 is 0 Å². The average Bonchev–Trinajstić information content (AvgIpc) is 2.06. The van der Waals surface area contributed by atoms with E-state index in [1.165, 1.54) is 19.6 Å². The highest BCUT2D eigenvalue weighted by Crippen LogP contribution is 2.19. The molecule has 0 aromatic carbocycles. The molecule has 0 unspecified atom stereocenters. The molecular formula is C10H20N2O. The minimum Gasteiger partial charge on any atom is -0.393 e. The first kappa shape index (κ1) is 9.44. The lowest BCUT2D eigenvalue weighted by Crippen LogP contribution is -2.60. The Balaban J connectivity index is 1.71. The summed E-state index contributed by atoms with van der Waals surface area (Å²) in [6, 6.07) is 0.785. The molecule has 13 heavy (non-hydrogen) atoms. The zero-order chi connectivity index (χ0) is 9.26. The molecule has 2 saturated heterocycles. The van der Waals surface area contributed by atoms with Gasteiger partial charge < -0.3 is 10.0 Å². The Morgan fingerprint density at radius 2 is 1.85 bits per heavy atom. The van der Waals surface area contributed by atoms with Crippen molar-refractivity contribution in [3.63, 3.8) is 0 Å². The highest BCUT2D eigenvalue weighted by Gasteiger charge is 2.32. The number of rotatable bonds is 2. The molecule has 0 aromatic rings. The van der Waals surface area contributed by atoms with Crippen LogP contribution in [0.2, 0.25) is 0 Å². The Bertz CT molecular complexity index is 160. The van der Waals surface area contributed by atoms with Gasteiger partial charge in [0.1, 0.15) is 0 Å².